The summed E-state index contributed by atoms with van der Waals surface area (Å²) < 4.78 is 11.5. The molecule has 0 aliphatic rings. The first-order valence-electron chi connectivity index (χ1n) is 8.33. The summed E-state index contributed by atoms with van der Waals surface area (Å²) in [4.78, 5) is 0. The van der Waals surface area contributed by atoms with Crippen molar-refractivity contribution in [1.29, 1.82) is 0 Å². The van der Waals surface area contributed by atoms with E-state index < -0.39 is 0 Å². The van der Waals surface area contributed by atoms with Crippen LogP contribution < -0.4 is 14.8 Å². The fourth-order valence-corrected chi connectivity index (χ4v) is 3.12. The topological polar surface area (TPSA) is 50.7 Å². The average Bonchev–Trinajstić information content (AvgIpc) is 2.67. The monoisotopic (exact) mass is 403 g/mol. The van der Waals surface area contributed by atoms with Gasteiger partial charge in [0.2, 0.25) is 0 Å². The zero-order valence-electron chi connectivity index (χ0n) is 14.7. The highest BCUT2D eigenvalue weighted by atomic mass is 35.5. The van der Waals surface area contributed by atoms with Gasteiger partial charge in [-0.1, -0.05) is 41.4 Å². The first kappa shape index (κ1) is 19.2. The van der Waals surface area contributed by atoms with Gasteiger partial charge in [-0.05, 0) is 42.5 Å². The Hall–Kier alpha value is -2.56. The lowest BCUT2D eigenvalue weighted by atomic mass is 10.1. The van der Waals surface area contributed by atoms with Gasteiger partial charge in [0.15, 0.2) is 11.5 Å². The number of aromatic hydroxyl groups is 1. The maximum Gasteiger partial charge on any atom is 0.166 e. The normalized spacial score (nSPS) is 10.5. The fraction of sp³-hybridized carbons (Fsp3) is 0.143. The molecular weight excluding hydrogens is 385 g/mol. The second kappa shape index (κ2) is 8.89. The number of phenolic OH excluding ortho intramolecular Hbond substituents is 1. The number of para-hydroxylation sites is 1. The molecule has 0 fully saturated rings. The largest absolute Gasteiger partial charge is 0.508 e. The van der Waals surface area contributed by atoms with E-state index in [0.29, 0.717) is 28.1 Å². The van der Waals surface area contributed by atoms with E-state index >= 15 is 0 Å². The summed E-state index contributed by atoms with van der Waals surface area (Å²) >= 11 is 12.5. The van der Waals surface area contributed by atoms with Crippen LogP contribution in [0.2, 0.25) is 10.0 Å². The van der Waals surface area contributed by atoms with Gasteiger partial charge >= 0.3 is 0 Å². The molecule has 0 spiro atoms. The van der Waals surface area contributed by atoms with Crippen LogP contribution in [0.3, 0.4) is 0 Å². The lowest BCUT2D eigenvalue weighted by Crippen LogP contribution is -2.05. The minimum Gasteiger partial charge on any atom is -0.508 e. The Morgan fingerprint density at radius 3 is 2.26 bits per heavy atom. The molecule has 0 aliphatic heterocycles. The number of hydrogen-bond acceptors (Lipinski definition) is 4. The Morgan fingerprint density at radius 1 is 0.926 bits per heavy atom. The fourth-order valence-electron chi connectivity index (χ4n) is 2.62. The summed E-state index contributed by atoms with van der Waals surface area (Å²) in [5.41, 5.74) is 2.53. The Kier molecular flexibility index (Phi) is 6.32. The van der Waals surface area contributed by atoms with E-state index in [9.17, 15) is 5.11 Å². The number of rotatable bonds is 7. The smallest absolute Gasteiger partial charge is 0.166 e. The lowest BCUT2D eigenvalue weighted by Gasteiger charge is -2.17. The summed E-state index contributed by atoms with van der Waals surface area (Å²) in [7, 11) is 1.60. The van der Waals surface area contributed by atoms with Crippen molar-refractivity contribution in [3.63, 3.8) is 0 Å². The molecule has 140 valence electrons. The van der Waals surface area contributed by atoms with E-state index in [0.717, 1.165) is 16.8 Å². The van der Waals surface area contributed by atoms with Crippen molar-refractivity contribution in [1.82, 2.24) is 0 Å². The number of nitrogens with one attached hydrogen (secondary N) is 1. The average molecular weight is 404 g/mol. The molecule has 0 aromatic heterocycles. The van der Waals surface area contributed by atoms with E-state index in [2.05, 4.69) is 5.32 Å². The first-order valence-corrected chi connectivity index (χ1v) is 9.08. The summed E-state index contributed by atoms with van der Waals surface area (Å²) in [5, 5.41) is 13.8. The van der Waals surface area contributed by atoms with E-state index in [1.807, 2.05) is 18.2 Å². The van der Waals surface area contributed by atoms with Crippen molar-refractivity contribution in [2.75, 3.05) is 12.4 Å². The molecule has 0 bridgehead atoms. The zero-order valence-corrected chi connectivity index (χ0v) is 16.2. The van der Waals surface area contributed by atoms with Crippen LogP contribution in [0.25, 0.3) is 0 Å². The summed E-state index contributed by atoms with van der Waals surface area (Å²) in [6, 6.07) is 17.9. The van der Waals surface area contributed by atoms with Crippen LogP contribution in [-0.4, -0.2) is 12.2 Å². The molecule has 3 rings (SSSR count). The molecule has 3 aromatic carbocycles. The van der Waals surface area contributed by atoms with Gasteiger partial charge in [-0.25, -0.2) is 0 Å². The van der Waals surface area contributed by atoms with Crippen molar-refractivity contribution in [2.24, 2.45) is 0 Å². The van der Waals surface area contributed by atoms with Gasteiger partial charge in [0.05, 0.1) is 7.11 Å². The number of halogens is 2. The van der Waals surface area contributed by atoms with Crippen LogP contribution in [0.1, 0.15) is 11.1 Å². The third kappa shape index (κ3) is 4.79. The molecule has 0 heterocycles. The molecular formula is C21H19Cl2NO3. The van der Waals surface area contributed by atoms with Gasteiger partial charge in [-0.2, -0.15) is 0 Å². The quantitative estimate of drug-likeness (QED) is 0.482. The predicted molar refractivity (Wildman–Crippen MR) is 109 cm³/mol. The molecule has 4 nitrogen and oxygen atoms in total. The summed E-state index contributed by atoms with van der Waals surface area (Å²) in [6.45, 7) is 0.749. The Labute approximate surface area is 168 Å². The van der Waals surface area contributed by atoms with Crippen LogP contribution in [-0.2, 0) is 13.2 Å². The summed E-state index contributed by atoms with van der Waals surface area (Å²) in [6.07, 6.45) is 0. The van der Waals surface area contributed by atoms with Crippen molar-refractivity contribution in [3.8, 4) is 17.2 Å². The molecule has 3 aromatic rings. The van der Waals surface area contributed by atoms with E-state index in [4.69, 9.17) is 32.7 Å². The van der Waals surface area contributed by atoms with Crippen LogP contribution in [0.4, 0.5) is 5.69 Å². The van der Waals surface area contributed by atoms with E-state index in [1.165, 1.54) is 0 Å². The maximum absolute atomic E-state index is 9.39. The highest BCUT2D eigenvalue weighted by Gasteiger charge is 2.13. The number of phenols is 1. The van der Waals surface area contributed by atoms with E-state index in [-0.39, 0.29) is 12.4 Å². The molecule has 6 heteroatoms. The van der Waals surface area contributed by atoms with Crippen LogP contribution >= 0.6 is 23.2 Å². The Balaban J connectivity index is 1.79. The van der Waals surface area contributed by atoms with Crippen LogP contribution in [0.5, 0.6) is 17.2 Å². The lowest BCUT2D eigenvalue weighted by molar-refractivity contribution is 0.282. The third-order valence-corrected chi connectivity index (χ3v) is 4.76. The van der Waals surface area contributed by atoms with Gasteiger partial charge in [0.1, 0.15) is 12.4 Å². The van der Waals surface area contributed by atoms with Crippen LogP contribution in [0, 0.1) is 0 Å². The van der Waals surface area contributed by atoms with Crippen molar-refractivity contribution < 1.29 is 14.6 Å². The van der Waals surface area contributed by atoms with E-state index in [1.54, 1.807) is 49.6 Å². The number of hydrogen-bond donors (Lipinski definition) is 2. The minimum absolute atomic E-state index is 0.225. The van der Waals surface area contributed by atoms with Gasteiger partial charge < -0.3 is 19.9 Å². The third-order valence-electron chi connectivity index (χ3n) is 4.05. The molecule has 0 atom stereocenters. The molecule has 27 heavy (non-hydrogen) atoms. The highest BCUT2D eigenvalue weighted by Crippen LogP contribution is 2.34. The Morgan fingerprint density at radius 2 is 1.59 bits per heavy atom. The highest BCUT2D eigenvalue weighted by molar-refractivity contribution is 6.35. The predicted octanol–water partition coefficient (Wildman–Crippen LogP) is 5.90. The van der Waals surface area contributed by atoms with Crippen molar-refractivity contribution in [3.05, 3.63) is 81.8 Å². The Bertz CT molecular complexity index is 894. The standard InChI is InChI=1S/C21H19Cl2NO3/c1-26-20-7-2-4-14(12-24-15-8-10-16(25)11-9-15)21(20)27-13-17-18(22)5-3-6-19(17)23/h2-11,24-25H,12-13H2,1H3. The molecule has 0 radical (unpaired) electrons. The SMILES string of the molecule is COc1cccc(CNc2ccc(O)cc2)c1OCc1c(Cl)cccc1Cl. The minimum atomic E-state index is 0.225. The number of ether oxygens (including phenoxy) is 2. The number of benzene rings is 3. The molecule has 0 saturated carbocycles. The number of methoxy groups -OCH3 is 1. The molecule has 0 aliphatic carbocycles. The molecule has 0 unspecified atom stereocenters. The summed E-state index contributed by atoms with van der Waals surface area (Å²) in [5.74, 6) is 1.48. The second-order valence-electron chi connectivity index (χ2n) is 5.84. The van der Waals surface area contributed by atoms with Gasteiger partial charge in [0, 0.05) is 33.4 Å². The van der Waals surface area contributed by atoms with Crippen LogP contribution in [0.15, 0.2) is 60.7 Å². The van der Waals surface area contributed by atoms with Crippen molar-refractivity contribution >= 4 is 28.9 Å². The second-order valence-corrected chi connectivity index (χ2v) is 6.65. The molecule has 0 amide bonds. The van der Waals surface area contributed by atoms with Crippen molar-refractivity contribution in [2.45, 2.75) is 13.2 Å². The maximum atomic E-state index is 9.39. The van der Waals surface area contributed by atoms with Gasteiger partial charge in [-0.15, -0.1) is 0 Å². The van der Waals surface area contributed by atoms with Gasteiger partial charge in [0.25, 0.3) is 0 Å². The van der Waals surface area contributed by atoms with Gasteiger partial charge in [-0.3, -0.25) is 0 Å². The molecule has 2 N–H and O–H groups in total. The first-order chi connectivity index (χ1) is 13.1. The zero-order chi connectivity index (χ0) is 19.2. The number of anilines is 1. The molecule has 0 saturated heterocycles.